The van der Waals surface area contributed by atoms with E-state index >= 15 is 0 Å². The minimum Gasteiger partial charge on any atom is -0.308 e. The Kier molecular flexibility index (Phi) is 8.45. The summed E-state index contributed by atoms with van der Waals surface area (Å²) in [5.74, 6) is 0. The second kappa shape index (κ2) is 16.1. The molecule has 4 heterocycles. The summed E-state index contributed by atoms with van der Waals surface area (Å²) in [6.45, 7) is 0. The third kappa shape index (κ3) is 5.01. The van der Waals surface area contributed by atoms with Crippen LogP contribution < -0.4 is 0 Å². The van der Waals surface area contributed by atoms with E-state index in [0.29, 0.717) is 0 Å². The standard InChI is InChI=1S/C88H50N4/c89-47-49-43-75-77(81-79(49)85(65-31-9-1-19-51(65)52-20-2-10-32-66(52)85)39-41-87(81)69-35-13-5-23-55(69)56-24-6-14-36-70(56)87)61-29-17-27-59-63-46-74-64(45-73(63)91(75)83(59)61)60-28-18-30-62-78-76(92(74)84(60)62)44-50(48-90)80-82(78)88(71-37-15-7-25-57(71)58-26-8-16-38-72(58)88)42-40-86(80)67-33-11-3-21-53(67)54-22-4-12-34-68(54)86/h1-38,43-46H,39-42H2. The van der Waals surface area contributed by atoms with Gasteiger partial charge in [0.15, 0.2) is 0 Å². The number of nitrogens with zero attached hydrogens (tertiary/aromatic N) is 4. The molecular weight excluding hydrogens is 1110 g/mol. The molecule has 6 aliphatic rings. The van der Waals surface area contributed by atoms with Crippen molar-refractivity contribution in [2.75, 3.05) is 0 Å². The Bertz CT molecular complexity index is 5870. The summed E-state index contributed by atoms with van der Waals surface area (Å²) in [4.78, 5) is 0. The fourth-order valence-corrected chi connectivity index (χ4v) is 21.4. The van der Waals surface area contributed by atoms with Gasteiger partial charge in [-0.1, -0.05) is 231 Å². The SMILES string of the molecule is N#Cc1cc2c(c3c1C1(CCC34c3ccccc3-c3ccccc34)c3ccccc3-c3ccccc31)c1cccc3c4cc5c(cc4n2c31)c1cccc2c3c4c(c(C#N)cc3n5c12)C1(CCC42c3ccccc3-c3ccccc32)c2ccccc2-c2ccccc21. The van der Waals surface area contributed by atoms with E-state index in [9.17, 15) is 10.5 Å². The van der Waals surface area contributed by atoms with Crippen LogP contribution in [0.4, 0.5) is 0 Å². The molecule has 13 aromatic carbocycles. The molecule has 4 nitrogen and oxygen atoms in total. The molecule has 0 amide bonds. The van der Waals surface area contributed by atoms with E-state index in [1.807, 2.05) is 0 Å². The third-order valence-electron chi connectivity index (χ3n) is 24.3. The van der Waals surface area contributed by atoms with Gasteiger partial charge in [0.25, 0.3) is 0 Å². The van der Waals surface area contributed by atoms with Crippen molar-refractivity contribution >= 4 is 76.2 Å². The Morgan fingerprint density at radius 3 is 0.772 bits per heavy atom. The molecule has 0 fully saturated rings. The Balaban J connectivity index is 0.864. The van der Waals surface area contributed by atoms with Crippen molar-refractivity contribution in [1.82, 2.24) is 8.80 Å². The third-order valence-corrected chi connectivity index (χ3v) is 24.3. The van der Waals surface area contributed by atoms with Crippen molar-refractivity contribution in [3.05, 3.63) is 333 Å². The van der Waals surface area contributed by atoms with Crippen molar-refractivity contribution in [3.8, 4) is 56.6 Å². The van der Waals surface area contributed by atoms with E-state index in [-0.39, 0.29) is 0 Å². The Labute approximate surface area is 529 Å². The molecule has 0 radical (unpaired) electrons. The minimum absolute atomic E-state index is 0.548. The van der Waals surface area contributed by atoms with Crippen molar-refractivity contribution in [1.29, 1.82) is 10.5 Å². The van der Waals surface area contributed by atoms with Crippen LogP contribution in [-0.2, 0) is 21.7 Å². The molecule has 92 heavy (non-hydrogen) atoms. The lowest BCUT2D eigenvalue weighted by molar-refractivity contribution is 0.420. The zero-order chi connectivity index (χ0) is 59.9. The lowest BCUT2D eigenvalue weighted by atomic mass is 9.53. The average molecular weight is 1160 g/mol. The highest BCUT2D eigenvalue weighted by Crippen LogP contribution is 2.70. The molecule has 0 saturated heterocycles. The van der Waals surface area contributed by atoms with Crippen molar-refractivity contribution < 1.29 is 0 Å². The Morgan fingerprint density at radius 1 is 0.250 bits per heavy atom. The summed E-state index contributed by atoms with van der Waals surface area (Å²) in [7, 11) is 0. The second-order valence-corrected chi connectivity index (χ2v) is 27.3. The van der Waals surface area contributed by atoms with Gasteiger partial charge in [0, 0.05) is 64.7 Å². The first-order valence-corrected chi connectivity index (χ1v) is 32.6. The Morgan fingerprint density at radius 2 is 0.500 bits per heavy atom. The van der Waals surface area contributed by atoms with Gasteiger partial charge in [-0.05, 0) is 161 Å². The van der Waals surface area contributed by atoms with Crippen LogP contribution in [0.2, 0.25) is 0 Å². The van der Waals surface area contributed by atoms with Gasteiger partial charge in [0.1, 0.15) is 0 Å². The Hall–Kier alpha value is -11.6. The van der Waals surface area contributed by atoms with Crippen molar-refractivity contribution in [2.24, 2.45) is 0 Å². The van der Waals surface area contributed by atoms with Crippen LogP contribution in [0, 0.1) is 22.7 Å². The van der Waals surface area contributed by atoms with E-state index < -0.39 is 21.7 Å². The number of hydrogen-bond acceptors (Lipinski definition) is 2. The summed E-state index contributed by atoms with van der Waals surface area (Å²) in [5.41, 5.74) is 31.4. The first-order chi connectivity index (χ1) is 45.5. The normalized spacial score (nSPS) is 16.4. The maximum absolute atomic E-state index is 12.2. The van der Waals surface area contributed by atoms with E-state index in [1.165, 1.54) is 154 Å². The van der Waals surface area contributed by atoms with Crippen molar-refractivity contribution in [2.45, 2.75) is 47.3 Å². The number of nitriles is 2. The predicted octanol–water partition coefficient (Wildman–Crippen LogP) is 20.6. The molecule has 17 aromatic rings. The fourth-order valence-electron chi connectivity index (χ4n) is 21.4. The molecule has 23 rings (SSSR count). The molecule has 4 heteroatoms. The maximum Gasteiger partial charge on any atom is 0.0995 e. The first kappa shape index (κ1) is 48.4. The van der Waals surface area contributed by atoms with Gasteiger partial charge in [-0.3, -0.25) is 0 Å². The molecule has 0 N–H and O–H groups in total. The zero-order valence-corrected chi connectivity index (χ0v) is 49.9. The largest absolute Gasteiger partial charge is 0.308 e. The fraction of sp³-hybridized carbons (Fsp3) is 0.0909. The van der Waals surface area contributed by atoms with Crippen LogP contribution in [0.25, 0.3) is 121 Å². The number of fused-ring (bicyclic) bond motifs is 40. The molecule has 0 aliphatic heterocycles. The molecule has 0 unspecified atom stereocenters. The molecular formula is C88H50N4. The summed E-state index contributed by atoms with van der Waals surface area (Å²) < 4.78 is 5.08. The highest BCUT2D eigenvalue weighted by Gasteiger charge is 2.60. The van der Waals surface area contributed by atoms with E-state index in [0.717, 1.165) is 70.0 Å². The van der Waals surface area contributed by atoms with Gasteiger partial charge < -0.3 is 8.80 Å². The lowest BCUT2D eigenvalue weighted by Gasteiger charge is -2.48. The van der Waals surface area contributed by atoms with Crippen LogP contribution in [0.15, 0.2) is 255 Å². The van der Waals surface area contributed by atoms with E-state index in [2.05, 4.69) is 276 Å². The smallest absolute Gasteiger partial charge is 0.0995 e. The van der Waals surface area contributed by atoms with Gasteiger partial charge in [-0.25, -0.2) is 0 Å². The van der Waals surface area contributed by atoms with E-state index in [1.54, 1.807) is 0 Å². The quantitative estimate of drug-likeness (QED) is 0.152. The van der Waals surface area contributed by atoms with Gasteiger partial charge in [-0.2, -0.15) is 10.5 Å². The van der Waals surface area contributed by atoms with Crippen molar-refractivity contribution in [3.63, 3.8) is 0 Å². The molecule has 0 bridgehead atoms. The van der Waals surface area contributed by atoms with Crippen LogP contribution in [0.3, 0.4) is 0 Å². The number of para-hydroxylation sites is 2. The summed E-state index contributed by atoms with van der Waals surface area (Å²) in [6.07, 6.45) is 3.43. The van der Waals surface area contributed by atoms with Gasteiger partial charge in [0.2, 0.25) is 0 Å². The maximum atomic E-state index is 12.2. The highest BCUT2D eigenvalue weighted by molar-refractivity contribution is 6.30. The molecule has 4 aromatic heterocycles. The van der Waals surface area contributed by atoms with Crippen LogP contribution >= 0.6 is 0 Å². The highest BCUT2D eigenvalue weighted by atomic mass is 14.9. The summed E-state index contributed by atoms with van der Waals surface area (Å²) in [6, 6.07) is 102. The van der Waals surface area contributed by atoms with Crippen LogP contribution in [-0.4, -0.2) is 8.80 Å². The number of hydrogen-bond donors (Lipinski definition) is 0. The molecule has 4 spiro atoms. The monoisotopic (exact) mass is 1160 g/mol. The lowest BCUT2D eigenvalue weighted by Crippen LogP contribution is -2.42. The summed E-state index contributed by atoms with van der Waals surface area (Å²) in [5, 5.41) is 33.9. The van der Waals surface area contributed by atoms with Gasteiger partial charge >= 0.3 is 0 Å². The topological polar surface area (TPSA) is 56.4 Å². The summed E-state index contributed by atoms with van der Waals surface area (Å²) >= 11 is 0. The predicted molar refractivity (Wildman–Crippen MR) is 371 cm³/mol. The van der Waals surface area contributed by atoms with Crippen LogP contribution in [0.1, 0.15) is 104 Å². The molecule has 0 atom stereocenters. The zero-order valence-electron chi connectivity index (χ0n) is 49.9. The minimum atomic E-state index is -0.565. The van der Waals surface area contributed by atoms with E-state index in [4.69, 9.17) is 0 Å². The number of rotatable bonds is 0. The molecule has 0 saturated carbocycles. The molecule has 6 aliphatic carbocycles. The number of aromatic nitrogens is 2. The van der Waals surface area contributed by atoms with Gasteiger partial charge in [0.05, 0.1) is 56.4 Å². The second-order valence-electron chi connectivity index (χ2n) is 27.3. The molecule has 422 valence electrons. The van der Waals surface area contributed by atoms with Gasteiger partial charge in [-0.15, -0.1) is 0 Å². The first-order valence-electron chi connectivity index (χ1n) is 32.6. The van der Waals surface area contributed by atoms with Crippen LogP contribution in [0.5, 0.6) is 0 Å². The average Bonchev–Trinajstić information content (AvgIpc) is 1.45. The number of benzene rings is 13.